The van der Waals surface area contributed by atoms with E-state index in [1.165, 1.54) is 38.5 Å². The van der Waals surface area contributed by atoms with Crippen LogP contribution in [0.15, 0.2) is 12.4 Å². The van der Waals surface area contributed by atoms with Gasteiger partial charge in [0.05, 0.1) is 6.61 Å². The lowest BCUT2D eigenvalue weighted by Crippen LogP contribution is -2.49. The van der Waals surface area contributed by atoms with Gasteiger partial charge in [0.2, 0.25) is 0 Å². The van der Waals surface area contributed by atoms with Gasteiger partial charge in [0, 0.05) is 23.4 Å². The highest BCUT2D eigenvalue weighted by atomic mass is 16.3. The fourth-order valence-corrected chi connectivity index (χ4v) is 5.09. The number of aliphatic hydroxyl groups excluding tert-OH is 1. The summed E-state index contributed by atoms with van der Waals surface area (Å²) in [5.74, 6) is 3.84. The molecule has 1 aromatic heterocycles. The summed E-state index contributed by atoms with van der Waals surface area (Å²) in [6.07, 6.45) is 11.9. The monoisotopic (exact) mass is 244 g/mol. The van der Waals surface area contributed by atoms with Gasteiger partial charge in [0.1, 0.15) is 5.82 Å². The van der Waals surface area contributed by atoms with Crippen molar-refractivity contribution in [2.75, 3.05) is 0 Å². The van der Waals surface area contributed by atoms with E-state index in [9.17, 15) is 0 Å². The Morgan fingerprint density at radius 1 is 1.00 bits per heavy atom. The number of hydrogen-bond acceptors (Lipinski definition) is 3. The molecule has 0 radical (unpaired) electrons. The second-order valence-corrected chi connectivity index (χ2v) is 6.77. The minimum absolute atomic E-state index is 0.0428. The lowest BCUT2D eigenvalue weighted by Gasteiger charge is -2.55. The first kappa shape index (κ1) is 10.9. The Kier molecular flexibility index (Phi) is 2.28. The average molecular weight is 244 g/mol. The molecule has 5 rings (SSSR count). The number of hydrogen-bond donors (Lipinski definition) is 1. The van der Waals surface area contributed by atoms with Crippen LogP contribution in [0, 0.1) is 17.8 Å². The minimum atomic E-state index is 0.0428. The van der Waals surface area contributed by atoms with Gasteiger partial charge in [-0.05, 0) is 56.3 Å². The van der Waals surface area contributed by atoms with Crippen LogP contribution in [-0.4, -0.2) is 15.1 Å². The minimum Gasteiger partial charge on any atom is -0.392 e. The van der Waals surface area contributed by atoms with Crippen molar-refractivity contribution < 1.29 is 5.11 Å². The Morgan fingerprint density at radius 3 is 1.94 bits per heavy atom. The summed E-state index contributed by atoms with van der Waals surface area (Å²) in [5.41, 5.74) is 1.10. The lowest BCUT2D eigenvalue weighted by molar-refractivity contribution is -0.00945. The molecule has 4 saturated carbocycles. The van der Waals surface area contributed by atoms with Gasteiger partial charge in [0.25, 0.3) is 0 Å². The van der Waals surface area contributed by atoms with Crippen molar-refractivity contribution in [3.8, 4) is 0 Å². The van der Waals surface area contributed by atoms with Crippen molar-refractivity contribution in [1.29, 1.82) is 0 Å². The zero-order valence-electron chi connectivity index (χ0n) is 10.7. The number of nitrogens with zero attached hydrogens (tertiary/aromatic N) is 2. The van der Waals surface area contributed by atoms with E-state index in [0.717, 1.165) is 29.1 Å². The van der Waals surface area contributed by atoms with E-state index in [1.807, 2.05) is 0 Å². The Hall–Kier alpha value is -0.960. The molecular formula is C15H20N2O. The molecule has 96 valence electrons. The molecule has 1 N–H and O–H groups in total. The van der Waals surface area contributed by atoms with Gasteiger partial charge in [-0.1, -0.05) is 0 Å². The Balaban J connectivity index is 1.70. The normalized spacial score (nSPS) is 41.3. The molecule has 0 aromatic carbocycles. The van der Waals surface area contributed by atoms with E-state index in [-0.39, 0.29) is 12.0 Å². The molecule has 0 spiro atoms. The molecule has 1 heterocycles. The van der Waals surface area contributed by atoms with Gasteiger partial charge in [-0.2, -0.15) is 0 Å². The molecule has 4 bridgehead atoms. The van der Waals surface area contributed by atoms with Crippen LogP contribution in [0.1, 0.15) is 49.9 Å². The van der Waals surface area contributed by atoms with Crippen LogP contribution in [0.25, 0.3) is 0 Å². The van der Waals surface area contributed by atoms with Crippen molar-refractivity contribution in [2.24, 2.45) is 17.8 Å². The first-order valence-corrected chi connectivity index (χ1v) is 7.20. The van der Waals surface area contributed by atoms with Crippen LogP contribution in [-0.2, 0) is 12.0 Å². The standard InChI is InChI=1S/C15H20N2O/c18-9-13-7-16-14(17-8-13)15-4-10-1-11(5-15)3-12(2-10)6-15/h7-8,10-12,18H,1-6,9H2. The predicted octanol–water partition coefficient (Wildman–Crippen LogP) is 2.44. The van der Waals surface area contributed by atoms with Gasteiger partial charge in [0.15, 0.2) is 0 Å². The highest BCUT2D eigenvalue weighted by Crippen LogP contribution is 2.59. The van der Waals surface area contributed by atoms with Crippen LogP contribution in [0.4, 0.5) is 0 Å². The first-order valence-electron chi connectivity index (χ1n) is 7.20. The molecule has 0 unspecified atom stereocenters. The van der Waals surface area contributed by atoms with Crippen LogP contribution in [0.2, 0.25) is 0 Å². The first-order chi connectivity index (χ1) is 8.77. The molecule has 3 heteroatoms. The van der Waals surface area contributed by atoms with E-state index < -0.39 is 0 Å². The zero-order valence-corrected chi connectivity index (χ0v) is 10.7. The fraction of sp³-hybridized carbons (Fsp3) is 0.733. The molecule has 18 heavy (non-hydrogen) atoms. The molecular weight excluding hydrogens is 224 g/mol. The van der Waals surface area contributed by atoms with Gasteiger partial charge >= 0.3 is 0 Å². The van der Waals surface area contributed by atoms with E-state index in [2.05, 4.69) is 9.97 Å². The maximum absolute atomic E-state index is 9.08. The average Bonchev–Trinajstić information content (AvgIpc) is 2.37. The van der Waals surface area contributed by atoms with E-state index in [1.54, 1.807) is 12.4 Å². The molecule has 3 nitrogen and oxygen atoms in total. The second kappa shape index (κ2) is 3.77. The lowest BCUT2D eigenvalue weighted by atomic mass is 9.49. The van der Waals surface area contributed by atoms with E-state index >= 15 is 0 Å². The van der Waals surface area contributed by atoms with Gasteiger partial charge in [-0.15, -0.1) is 0 Å². The Labute approximate surface area is 108 Å². The SMILES string of the molecule is OCc1cnc(C23CC4CC(CC(C4)C2)C3)nc1. The number of rotatable bonds is 2. The molecule has 0 saturated heterocycles. The van der Waals surface area contributed by atoms with Crippen molar-refractivity contribution in [1.82, 2.24) is 9.97 Å². The van der Waals surface area contributed by atoms with Crippen LogP contribution >= 0.6 is 0 Å². The third kappa shape index (κ3) is 1.53. The maximum atomic E-state index is 9.08. The number of aromatic nitrogens is 2. The molecule has 4 fully saturated rings. The molecule has 0 aliphatic heterocycles. The highest BCUT2D eigenvalue weighted by Gasteiger charge is 2.52. The largest absolute Gasteiger partial charge is 0.392 e. The summed E-state index contributed by atoms with van der Waals surface area (Å²) in [6.45, 7) is 0.0428. The Bertz CT molecular complexity index is 419. The molecule has 0 atom stereocenters. The van der Waals surface area contributed by atoms with Gasteiger partial charge in [-0.3, -0.25) is 0 Å². The van der Waals surface area contributed by atoms with Crippen molar-refractivity contribution in [3.63, 3.8) is 0 Å². The molecule has 4 aliphatic carbocycles. The van der Waals surface area contributed by atoms with Crippen LogP contribution < -0.4 is 0 Å². The summed E-state index contributed by atoms with van der Waals surface area (Å²) in [6, 6.07) is 0. The van der Waals surface area contributed by atoms with E-state index in [0.29, 0.717) is 0 Å². The molecule has 4 aliphatic rings. The highest BCUT2D eigenvalue weighted by molar-refractivity contribution is 5.18. The summed E-state index contributed by atoms with van der Waals surface area (Å²) in [7, 11) is 0. The summed E-state index contributed by atoms with van der Waals surface area (Å²) >= 11 is 0. The quantitative estimate of drug-likeness (QED) is 0.869. The summed E-state index contributed by atoms with van der Waals surface area (Å²) in [4.78, 5) is 9.14. The predicted molar refractivity (Wildman–Crippen MR) is 67.8 cm³/mol. The second-order valence-electron chi connectivity index (χ2n) is 6.77. The van der Waals surface area contributed by atoms with Gasteiger partial charge in [-0.25, -0.2) is 9.97 Å². The van der Waals surface area contributed by atoms with Crippen molar-refractivity contribution in [2.45, 2.75) is 50.5 Å². The fourth-order valence-electron chi connectivity index (χ4n) is 5.09. The number of aliphatic hydroxyl groups is 1. The third-order valence-electron chi connectivity index (χ3n) is 5.40. The van der Waals surface area contributed by atoms with Crippen molar-refractivity contribution >= 4 is 0 Å². The molecule has 0 amide bonds. The topological polar surface area (TPSA) is 46.0 Å². The van der Waals surface area contributed by atoms with E-state index in [4.69, 9.17) is 5.11 Å². The summed E-state index contributed by atoms with van der Waals surface area (Å²) < 4.78 is 0. The smallest absolute Gasteiger partial charge is 0.134 e. The van der Waals surface area contributed by atoms with Crippen LogP contribution in [0.5, 0.6) is 0 Å². The zero-order chi connectivity index (χ0) is 12.2. The van der Waals surface area contributed by atoms with Crippen LogP contribution in [0.3, 0.4) is 0 Å². The van der Waals surface area contributed by atoms with Crippen molar-refractivity contribution in [3.05, 3.63) is 23.8 Å². The Morgan fingerprint density at radius 2 is 1.50 bits per heavy atom. The third-order valence-corrected chi connectivity index (χ3v) is 5.40. The maximum Gasteiger partial charge on any atom is 0.134 e. The molecule has 1 aromatic rings. The van der Waals surface area contributed by atoms with Gasteiger partial charge < -0.3 is 5.11 Å². The summed E-state index contributed by atoms with van der Waals surface area (Å²) in [5, 5.41) is 9.08.